The second kappa shape index (κ2) is 15.1. The largest absolute Gasteiger partial charge is 0.454 e. The van der Waals surface area contributed by atoms with Crippen molar-refractivity contribution in [2.24, 2.45) is 0 Å². The van der Waals surface area contributed by atoms with Gasteiger partial charge in [-0.25, -0.2) is 0 Å². The standard InChI is InChI=1S/C58H39NO/c1-3-15-44(16-4-1)50-20-9-10-21-52(50)55-39-49(36-37-51(55)45-17-5-2-6-18-45)59(56-24-13-23-54-53-22-11-12-25-57(53)60-58(54)56)48-34-32-42(33-35-48)41-26-28-43(29-27-41)47-31-30-40-14-7-8-19-46(40)38-47/h1-39H. The molecule has 0 radical (unpaired) electrons. The first-order chi connectivity index (χ1) is 29.7. The summed E-state index contributed by atoms with van der Waals surface area (Å²) in [6, 6.07) is 84.8. The van der Waals surface area contributed by atoms with Gasteiger partial charge in [0.2, 0.25) is 0 Å². The van der Waals surface area contributed by atoms with Gasteiger partial charge in [0.1, 0.15) is 5.58 Å². The molecule has 0 atom stereocenters. The number of nitrogens with zero attached hydrogens (tertiary/aromatic N) is 1. The number of benzene rings is 10. The summed E-state index contributed by atoms with van der Waals surface area (Å²) in [5.41, 5.74) is 16.6. The Bertz CT molecular complexity index is 3290. The Morgan fingerprint density at radius 3 is 1.55 bits per heavy atom. The van der Waals surface area contributed by atoms with Crippen molar-refractivity contribution in [3.63, 3.8) is 0 Å². The molecule has 0 aliphatic carbocycles. The molecule has 0 saturated carbocycles. The van der Waals surface area contributed by atoms with Gasteiger partial charge in [-0.15, -0.1) is 0 Å². The second-order valence-electron chi connectivity index (χ2n) is 15.3. The predicted octanol–water partition coefficient (Wildman–Crippen LogP) is 16.5. The van der Waals surface area contributed by atoms with Crippen molar-refractivity contribution < 1.29 is 4.42 Å². The molecule has 0 bridgehead atoms. The first kappa shape index (κ1) is 35.2. The Morgan fingerprint density at radius 2 is 0.817 bits per heavy atom. The summed E-state index contributed by atoms with van der Waals surface area (Å²) < 4.78 is 6.72. The van der Waals surface area contributed by atoms with E-state index in [1.54, 1.807) is 0 Å². The van der Waals surface area contributed by atoms with E-state index in [1.807, 2.05) is 6.07 Å². The third-order valence-corrected chi connectivity index (χ3v) is 11.7. The van der Waals surface area contributed by atoms with Crippen LogP contribution in [0.25, 0.3) is 88.3 Å². The van der Waals surface area contributed by atoms with E-state index in [9.17, 15) is 0 Å². The molecule has 11 aromatic rings. The monoisotopic (exact) mass is 765 g/mol. The normalized spacial score (nSPS) is 11.3. The molecule has 0 fully saturated rings. The van der Waals surface area contributed by atoms with E-state index in [1.165, 1.54) is 55.3 Å². The Labute approximate surface area is 349 Å². The van der Waals surface area contributed by atoms with Crippen LogP contribution in [0.5, 0.6) is 0 Å². The zero-order chi connectivity index (χ0) is 39.8. The van der Waals surface area contributed by atoms with Crippen LogP contribution in [0.15, 0.2) is 241 Å². The SMILES string of the molecule is c1ccc(-c2ccccc2-c2cc(N(c3ccc(-c4ccc(-c5ccc6ccccc6c5)cc4)cc3)c3cccc4c3oc3ccccc34)ccc2-c2ccccc2)cc1. The summed E-state index contributed by atoms with van der Waals surface area (Å²) in [7, 11) is 0. The van der Waals surface area contributed by atoms with Crippen molar-refractivity contribution in [1.29, 1.82) is 0 Å². The highest BCUT2D eigenvalue weighted by atomic mass is 16.3. The number of hydrogen-bond acceptors (Lipinski definition) is 2. The summed E-state index contributed by atoms with van der Waals surface area (Å²) >= 11 is 0. The molecule has 0 aliphatic heterocycles. The van der Waals surface area contributed by atoms with Gasteiger partial charge in [-0.2, -0.15) is 0 Å². The first-order valence-electron chi connectivity index (χ1n) is 20.5. The van der Waals surface area contributed by atoms with E-state index < -0.39 is 0 Å². The van der Waals surface area contributed by atoms with Crippen LogP contribution in [-0.4, -0.2) is 0 Å². The fraction of sp³-hybridized carbons (Fsp3) is 0. The van der Waals surface area contributed by atoms with Crippen molar-refractivity contribution in [2.45, 2.75) is 0 Å². The molecule has 11 rings (SSSR count). The fourth-order valence-electron chi connectivity index (χ4n) is 8.71. The van der Waals surface area contributed by atoms with E-state index in [-0.39, 0.29) is 0 Å². The molecule has 2 heteroatoms. The lowest BCUT2D eigenvalue weighted by Gasteiger charge is -2.27. The molecule has 0 N–H and O–H groups in total. The summed E-state index contributed by atoms with van der Waals surface area (Å²) in [5, 5.41) is 4.70. The quantitative estimate of drug-likeness (QED) is 0.153. The van der Waals surface area contributed by atoms with Gasteiger partial charge >= 0.3 is 0 Å². The second-order valence-corrected chi connectivity index (χ2v) is 15.3. The minimum Gasteiger partial charge on any atom is -0.454 e. The highest BCUT2D eigenvalue weighted by Crippen LogP contribution is 2.46. The van der Waals surface area contributed by atoms with Crippen molar-refractivity contribution in [3.8, 4) is 55.6 Å². The highest BCUT2D eigenvalue weighted by molar-refractivity contribution is 6.10. The van der Waals surface area contributed by atoms with Crippen LogP contribution < -0.4 is 4.90 Å². The van der Waals surface area contributed by atoms with Gasteiger partial charge in [0.15, 0.2) is 5.58 Å². The van der Waals surface area contributed by atoms with Gasteiger partial charge < -0.3 is 9.32 Å². The van der Waals surface area contributed by atoms with E-state index in [2.05, 4.69) is 235 Å². The topological polar surface area (TPSA) is 16.4 Å². The lowest BCUT2D eigenvalue weighted by molar-refractivity contribution is 0.669. The molecule has 0 aliphatic rings. The van der Waals surface area contributed by atoms with Crippen LogP contribution in [0, 0.1) is 0 Å². The molecule has 1 heterocycles. The minimum atomic E-state index is 0.852. The van der Waals surface area contributed by atoms with Crippen LogP contribution in [0.3, 0.4) is 0 Å². The predicted molar refractivity (Wildman–Crippen MR) is 253 cm³/mol. The Balaban J connectivity index is 1.06. The Kier molecular flexibility index (Phi) is 8.87. The van der Waals surface area contributed by atoms with Gasteiger partial charge in [-0.05, 0) is 109 Å². The van der Waals surface area contributed by atoms with Crippen molar-refractivity contribution in [2.75, 3.05) is 4.90 Å². The van der Waals surface area contributed by atoms with Crippen molar-refractivity contribution >= 4 is 49.8 Å². The van der Waals surface area contributed by atoms with E-state index in [0.29, 0.717) is 0 Å². The molecular weight excluding hydrogens is 727 g/mol. The number of anilines is 3. The summed E-state index contributed by atoms with van der Waals surface area (Å²) in [6.07, 6.45) is 0. The maximum atomic E-state index is 6.72. The highest BCUT2D eigenvalue weighted by Gasteiger charge is 2.22. The summed E-state index contributed by atoms with van der Waals surface area (Å²) in [4.78, 5) is 2.35. The molecule has 0 saturated heterocycles. The van der Waals surface area contributed by atoms with Gasteiger partial charge in [0.05, 0.1) is 5.69 Å². The number of hydrogen-bond donors (Lipinski definition) is 0. The minimum absolute atomic E-state index is 0.852. The van der Waals surface area contributed by atoms with E-state index in [4.69, 9.17) is 4.42 Å². The van der Waals surface area contributed by atoms with Gasteiger partial charge in [-0.3, -0.25) is 0 Å². The van der Waals surface area contributed by atoms with E-state index in [0.717, 1.165) is 50.1 Å². The van der Waals surface area contributed by atoms with Crippen molar-refractivity contribution in [1.82, 2.24) is 0 Å². The van der Waals surface area contributed by atoms with Crippen LogP contribution in [0.4, 0.5) is 17.1 Å². The molecule has 282 valence electrons. The average molecular weight is 766 g/mol. The Morgan fingerprint density at radius 1 is 0.283 bits per heavy atom. The number of para-hydroxylation sites is 2. The zero-order valence-electron chi connectivity index (χ0n) is 32.9. The third kappa shape index (κ3) is 6.41. The first-order valence-corrected chi connectivity index (χ1v) is 20.5. The molecule has 0 amide bonds. The van der Waals surface area contributed by atoms with Crippen LogP contribution in [0.2, 0.25) is 0 Å². The maximum absolute atomic E-state index is 6.72. The Hall–Kier alpha value is -7.94. The molecule has 0 unspecified atom stereocenters. The lowest BCUT2D eigenvalue weighted by atomic mass is 9.89. The van der Waals surface area contributed by atoms with Crippen LogP contribution in [0.1, 0.15) is 0 Å². The number of furan rings is 1. The van der Waals surface area contributed by atoms with Crippen LogP contribution >= 0.6 is 0 Å². The van der Waals surface area contributed by atoms with Gasteiger partial charge in [-0.1, -0.05) is 194 Å². The van der Waals surface area contributed by atoms with E-state index >= 15 is 0 Å². The summed E-state index contributed by atoms with van der Waals surface area (Å²) in [6.45, 7) is 0. The fourth-order valence-corrected chi connectivity index (χ4v) is 8.71. The molecule has 10 aromatic carbocycles. The summed E-state index contributed by atoms with van der Waals surface area (Å²) in [5.74, 6) is 0. The maximum Gasteiger partial charge on any atom is 0.159 e. The van der Waals surface area contributed by atoms with Gasteiger partial charge in [0, 0.05) is 22.1 Å². The number of rotatable bonds is 8. The van der Waals surface area contributed by atoms with Gasteiger partial charge in [0.25, 0.3) is 0 Å². The molecular formula is C58H39NO. The molecule has 2 nitrogen and oxygen atoms in total. The smallest absolute Gasteiger partial charge is 0.159 e. The molecule has 1 aromatic heterocycles. The molecule has 60 heavy (non-hydrogen) atoms. The lowest BCUT2D eigenvalue weighted by Crippen LogP contribution is -2.10. The van der Waals surface area contributed by atoms with Crippen LogP contribution in [-0.2, 0) is 0 Å². The van der Waals surface area contributed by atoms with Crippen molar-refractivity contribution in [3.05, 3.63) is 237 Å². The zero-order valence-corrected chi connectivity index (χ0v) is 32.9. The molecule has 0 spiro atoms. The third-order valence-electron chi connectivity index (χ3n) is 11.7. The number of fused-ring (bicyclic) bond motifs is 4. The average Bonchev–Trinajstić information content (AvgIpc) is 3.72.